The summed E-state index contributed by atoms with van der Waals surface area (Å²) in [5, 5.41) is 10.2. The molecule has 0 unspecified atom stereocenters. The highest BCUT2D eigenvalue weighted by molar-refractivity contribution is 4.86. The summed E-state index contributed by atoms with van der Waals surface area (Å²) in [6, 6.07) is 0. The first kappa shape index (κ1) is 12.0. The predicted molar refractivity (Wildman–Crippen MR) is 58.2 cm³/mol. The van der Waals surface area contributed by atoms with Crippen LogP contribution in [0.3, 0.4) is 0 Å². The minimum absolute atomic E-state index is 0.522. The second kappa shape index (κ2) is 5.13. The summed E-state index contributed by atoms with van der Waals surface area (Å²) < 4.78 is 5.32. The molecule has 0 aromatic carbocycles. The molecule has 1 aliphatic carbocycles. The van der Waals surface area contributed by atoms with Crippen LogP contribution in [0.15, 0.2) is 0 Å². The summed E-state index contributed by atoms with van der Waals surface area (Å²) in [5.74, 6) is 1.56. The van der Waals surface area contributed by atoms with E-state index in [4.69, 9.17) is 4.74 Å². The fraction of sp³-hybridized carbons (Fsp3) is 1.00. The summed E-state index contributed by atoms with van der Waals surface area (Å²) in [7, 11) is 0. The molecule has 0 aromatic rings. The van der Waals surface area contributed by atoms with Gasteiger partial charge >= 0.3 is 0 Å². The van der Waals surface area contributed by atoms with E-state index in [1.807, 2.05) is 6.92 Å². The number of hydrogen-bond acceptors (Lipinski definition) is 2. The summed E-state index contributed by atoms with van der Waals surface area (Å²) in [6.07, 6.45) is 4.13. The quantitative estimate of drug-likeness (QED) is 0.756. The largest absolute Gasteiger partial charge is 0.387 e. The standard InChI is InChI=1S/C12H24O2/c1-4-14-9-12(13)7-5-11(6-8-12)10(2)3/h10-11,13H,4-9H2,1-3H3. The van der Waals surface area contributed by atoms with Gasteiger partial charge in [0.05, 0.1) is 12.2 Å². The van der Waals surface area contributed by atoms with Crippen molar-refractivity contribution in [3.8, 4) is 0 Å². The third-order valence-electron chi connectivity index (χ3n) is 3.48. The van der Waals surface area contributed by atoms with Gasteiger partial charge in [0.15, 0.2) is 0 Å². The molecule has 0 saturated heterocycles. The normalized spacial score (nSPS) is 33.6. The molecule has 1 aliphatic rings. The fourth-order valence-electron chi connectivity index (χ4n) is 2.28. The van der Waals surface area contributed by atoms with Gasteiger partial charge in [0, 0.05) is 6.61 Å². The van der Waals surface area contributed by atoms with E-state index in [0.29, 0.717) is 13.2 Å². The summed E-state index contributed by atoms with van der Waals surface area (Å²) in [5.41, 5.74) is -0.526. The van der Waals surface area contributed by atoms with E-state index in [2.05, 4.69) is 13.8 Å². The number of ether oxygens (including phenoxy) is 1. The number of rotatable bonds is 4. The van der Waals surface area contributed by atoms with Crippen LogP contribution in [0.1, 0.15) is 46.5 Å². The molecule has 14 heavy (non-hydrogen) atoms. The van der Waals surface area contributed by atoms with Gasteiger partial charge in [-0.3, -0.25) is 0 Å². The van der Waals surface area contributed by atoms with Crippen LogP contribution < -0.4 is 0 Å². The second-order valence-corrected chi connectivity index (χ2v) is 4.94. The molecule has 0 aliphatic heterocycles. The Bertz CT molecular complexity index is 158. The molecule has 1 rings (SSSR count). The lowest BCUT2D eigenvalue weighted by Crippen LogP contribution is -2.39. The molecule has 0 bridgehead atoms. The first-order valence-electron chi connectivity index (χ1n) is 5.87. The minimum atomic E-state index is -0.526. The molecule has 1 saturated carbocycles. The van der Waals surface area contributed by atoms with E-state index in [9.17, 15) is 5.11 Å². The molecule has 0 spiro atoms. The lowest BCUT2D eigenvalue weighted by atomic mass is 9.75. The van der Waals surface area contributed by atoms with Gasteiger partial charge in [0.2, 0.25) is 0 Å². The van der Waals surface area contributed by atoms with E-state index < -0.39 is 5.60 Å². The summed E-state index contributed by atoms with van der Waals surface area (Å²) >= 11 is 0. The van der Waals surface area contributed by atoms with Crippen molar-refractivity contribution in [1.82, 2.24) is 0 Å². The van der Waals surface area contributed by atoms with Crippen LogP contribution >= 0.6 is 0 Å². The topological polar surface area (TPSA) is 29.5 Å². The number of aliphatic hydroxyl groups is 1. The van der Waals surface area contributed by atoms with E-state index >= 15 is 0 Å². The average Bonchev–Trinajstić information content (AvgIpc) is 2.16. The highest BCUT2D eigenvalue weighted by atomic mass is 16.5. The van der Waals surface area contributed by atoms with E-state index in [0.717, 1.165) is 37.5 Å². The lowest BCUT2D eigenvalue weighted by Gasteiger charge is -2.37. The molecule has 84 valence electrons. The van der Waals surface area contributed by atoms with Crippen LogP contribution in [0.4, 0.5) is 0 Å². The van der Waals surface area contributed by atoms with Crippen molar-refractivity contribution in [1.29, 1.82) is 0 Å². The molecular formula is C12H24O2. The fourth-order valence-corrected chi connectivity index (χ4v) is 2.28. The van der Waals surface area contributed by atoms with E-state index in [1.54, 1.807) is 0 Å². The third-order valence-corrected chi connectivity index (χ3v) is 3.48. The highest BCUT2D eigenvalue weighted by Gasteiger charge is 2.34. The molecule has 0 amide bonds. The van der Waals surface area contributed by atoms with Gasteiger partial charge in [0.1, 0.15) is 0 Å². The van der Waals surface area contributed by atoms with Crippen molar-refractivity contribution in [2.75, 3.05) is 13.2 Å². The molecule has 0 aromatic heterocycles. The van der Waals surface area contributed by atoms with Crippen molar-refractivity contribution in [3.05, 3.63) is 0 Å². The molecule has 0 heterocycles. The Morgan fingerprint density at radius 3 is 2.36 bits per heavy atom. The first-order valence-corrected chi connectivity index (χ1v) is 5.87. The molecule has 1 fully saturated rings. The third kappa shape index (κ3) is 3.25. The van der Waals surface area contributed by atoms with Crippen LogP contribution in [-0.2, 0) is 4.74 Å². The van der Waals surface area contributed by atoms with Crippen molar-refractivity contribution < 1.29 is 9.84 Å². The Labute approximate surface area is 87.7 Å². The molecule has 1 N–H and O–H groups in total. The first-order chi connectivity index (χ1) is 6.57. The van der Waals surface area contributed by atoms with Gasteiger partial charge in [-0.1, -0.05) is 13.8 Å². The Balaban J connectivity index is 2.33. The Morgan fingerprint density at radius 1 is 1.36 bits per heavy atom. The molecule has 0 atom stereocenters. The molecular weight excluding hydrogens is 176 g/mol. The maximum absolute atomic E-state index is 10.2. The predicted octanol–water partition coefficient (Wildman–Crippen LogP) is 2.60. The average molecular weight is 200 g/mol. The number of hydrogen-bond donors (Lipinski definition) is 1. The van der Waals surface area contributed by atoms with E-state index in [1.165, 1.54) is 0 Å². The Kier molecular flexibility index (Phi) is 4.39. The molecule has 2 heteroatoms. The zero-order valence-corrected chi connectivity index (χ0v) is 9.75. The van der Waals surface area contributed by atoms with Gasteiger partial charge in [-0.15, -0.1) is 0 Å². The minimum Gasteiger partial charge on any atom is -0.387 e. The van der Waals surface area contributed by atoms with Crippen LogP contribution in [0.5, 0.6) is 0 Å². The smallest absolute Gasteiger partial charge is 0.0880 e. The van der Waals surface area contributed by atoms with Gasteiger partial charge in [0.25, 0.3) is 0 Å². The maximum atomic E-state index is 10.2. The van der Waals surface area contributed by atoms with Gasteiger partial charge < -0.3 is 9.84 Å². The van der Waals surface area contributed by atoms with Gasteiger partial charge in [-0.2, -0.15) is 0 Å². The SMILES string of the molecule is CCOCC1(O)CCC(C(C)C)CC1. The van der Waals surface area contributed by atoms with Crippen molar-refractivity contribution >= 4 is 0 Å². The van der Waals surface area contributed by atoms with Crippen molar-refractivity contribution in [2.24, 2.45) is 11.8 Å². The highest BCUT2D eigenvalue weighted by Crippen LogP contribution is 2.35. The Hall–Kier alpha value is -0.0800. The van der Waals surface area contributed by atoms with Crippen LogP contribution in [0.25, 0.3) is 0 Å². The van der Waals surface area contributed by atoms with Gasteiger partial charge in [-0.05, 0) is 44.4 Å². The lowest BCUT2D eigenvalue weighted by molar-refractivity contribution is -0.0765. The second-order valence-electron chi connectivity index (χ2n) is 4.94. The van der Waals surface area contributed by atoms with Crippen LogP contribution in [-0.4, -0.2) is 23.9 Å². The monoisotopic (exact) mass is 200 g/mol. The summed E-state index contributed by atoms with van der Waals surface area (Å²) in [6.45, 7) is 7.75. The van der Waals surface area contributed by atoms with E-state index in [-0.39, 0.29) is 0 Å². The Morgan fingerprint density at radius 2 is 1.93 bits per heavy atom. The maximum Gasteiger partial charge on any atom is 0.0880 e. The summed E-state index contributed by atoms with van der Waals surface area (Å²) in [4.78, 5) is 0. The van der Waals surface area contributed by atoms with Crippen molar-refractivity contribution in [2.45, 2.75) is 52.1 Å². The van der Waals surface area contributed by atoms with Gasteiger partial charge in [-0.25, -0.2) is 0 Å². The van der Waals surface area contributed by atoms with Crippen LogP contribution in [0, 0.1) is 11.8 Å². The zero-order valence-electron chi connectivity index (χ0n) is 9.75. The zero-order chi connectivity index (χ0) is 10.6. The van der Waals surface area contributed by atoms with Crippen LogP contribution in [0.2, 0.25) is 0 Å². The molecule has 0 radical (unpaired) electrons. The molecule has 2 nitrogen and oxygen atoms in total. The van der Waals surface area contributed by atoms with Crippen molar-refractivity contribution in [3.63, 3.8) is 0 Å².